The van der Waals surface area contributed by atoms with Gasteiger partial charge in [-0.25, -0.2) is 9.78 Å². The molecule has 0 atom stereocenters. The number of aromatic amines is 1. The maximum atomic E-state index is 13.2. The van der Waals surface area contributed by atoms with Gasteiger partial charge in [-0.1, -0.05) is 6.42 Å². The van der Waals surface area contributed by atoms with Gasteiger partial charge >= 0.3 is 5.97 Å². The first-order valence-electron chi connectivity index (χ1n) is 10.3. The van der Waals surface area contributed by atoms with E-state index in [0.29, 0.717) is 22.2 Å². The van der Waals surface area contributed by atoms with Gasteiger partial charge in [-0.3, -0.25) is 14.2 Å². The lowest BCUT2D eigenvalue weighted by molar-refractivity contribution is 0.0519. The zero-order valence-corrected chi connectivity index (χ0v) is 18.3. The molecule has 7 nitrogen and oxygen atoms in total. The lowest BCUT2D eigenvalue weighted by Crippen LogP contribution is -2.25. The van der Waals surface area contributed by atoms with Crippen LogP contribution in [0, 0.1) is 13.8 Å². The number of nitrogens with one attached hydrogen (secondary N) is 1. The molecule has 1 aliphatic carbocycles. The zero-order valence-electron chi connectivity index (χ0n) is 17.5. The highest BCUT2D eigenvalue weighted by Gasteiger charge is 2.24. The molecule has 158 valence electrons. The number of ether oxygens (including phenoxy) is 1. The van der Waals surface area contributed by atoms with Gasteiger partial charge in [0.15, 0.2) is 5.78 Å². The molecule has 3 heterocycles. The summed E-state index contributed by atoms with van der Waals surface area (Å²) in [5.74, 6) is -0.722. The Bertz CT molecular complexity index is 1200. The van der Waals surface area contributed by atoms with E-state index in [9.17, 15) is 14.4 Å². The smallest absolute Gasteiger partial charge is 0.355 e. The summed E-state index contributed by atoms with van der Waals surface area (Å²) in [7, 11) is 0. The highest BCUT2D eigenvalue weighted by atomic mass is 32.1. The molecule has 0 amide bonds. The van der Waals surface area contributed by atoms with Crippen LogP contribution in [0.15, 0.2) is 11.1 Å². The molecule has 0 fully saturated rings. The third-order valence-electron chi connectivity index (χ3n) is 5.70. The number of aromatic nitrogens is 3. The molecule has 0 radical (unpaired) electrons. The molecule has 30 heavy (non-hydrogen) atoms. The molecule has 8 heteroatoms. The fourth-order valence-electron chi connectivity index (χ4n) is 4.28. The Balaban J connectivity index is 1.69. The fourth-order valence-corrected chi connectivity index (χ4v) is 5.50. The van der Waals surface area contributed by atoms with Crippen LogP contribution in [0.4, 0.5) is 0 Å². The van der Waals surface area contributed by atoms with Crippen LogP contribution in [0.1, 0.15) is 68.7 Å². The third-order valence-corrected chi connectivity index (χ3v) is 6.90. The van der Waals surface area contributed by atoms with E-state index in [0.717, 1.165) is 36.1 Å². The average molecular weight is 428 g/mol. The Hall–Kier alpha value is -2.74. The van der Waals surface area contributed by atoms with Crippen LogP contribution in [0.25, 0.3) is 10.2 Å². The van der Waals surface area contributed by atoms with E-state index in [1.165, 1.54) is 22.2 Å². The van der Waals surface area contributed by atoms with Crippen molar-refractivity contribution in [1.82, 2.24) is 14.5 Å². The van der Waals surface area contributed by atoms with Crippen LogP contribution in [0.2, 0.25) is 0 Å². The Morgan fingerprint density at radius 2 is 2.00 bits per heavy atom. The number of aryl methyl sites for hydroxylation is 3. The van der Waals surface area contributed by atoms with E-state index in [1.807, 2.05) is 0 Å². The van der Waals surface area contributed by atoms with Gasteiger partial charge in [0, 0.05) is 16.1 Å². The fraction of sp³-hybridized carbons (Fsp3) is 0.455. The second-order valence-electron chi connectivity index (χ2n) is 7.69. The van der Waals surface area contributed by atoms with Gasteiger partial charge < -0.3 is 9.72 Å². The topological polar surface area (TPSA) is 94.1 Å². The Morgan fingerprint density at radius 3 is 2.77 bits per heavy atom. The normalized spacial score (nSPS) is 13.8. The van der Waals surface area contributed by atoms with Crippen molar-refractivity contribution in [2.45, 2.75) is 59.4 Å². The molecule has 0 unspecified atom stereocenters. The molecule has 0 bridgehead atoms. The van der Waals surface area contributed by atoms with Gasteiger partial charge in [0.1, 0.15) is 10.5 Å². The summed E-state index contributed by atoms with van der Waals surface area (Å²) in [4.78, 5) is 47.8. The third kappa shape index (κ3) is 3.49. The van der Waals surface area contributed by atoms with E-state index in [4.69, 9.17) is 4.74 Å². The second-order valence-corrected chi connectivity index (χ2v) is 8.77. The molecule has 0 aromatic carbocycles. The molecular formula is C22H25N3O4S. The monoisotopic (exact) mass is 427 g/mol. The highest BCUT2D eigenvalue weighted by molar-refractivity contribution is 7.18. The summed E-state index contributed by atoms with van der Waals surface area (Å²) in [6.45, 7) is 5.33. The van der Waals surface area contributed by atoms with Crippen molar-refractivity contribution in [3.8, 4) is 0 Å². The number of rotatable bonds is 5. The number of H-pyrrole nitrogens is 1. The summed E-state index contributed by atoms with van der Waals surface area (Å²) in [5.41, 5.74) is 2.79. The number of Topliss-reactive ketones (excluding diaryl/α,β-unsaturated/α-hetero) is 1. The van der Waals surface area contributed by atoms with Crippen LogP contribution >= 0.6 is 11.3 Å². The number of carbonyl (C=O) groups excluding carboxylic acids is 2. The van der Waals surface area contributed by atoms with Crippen LogP contribution in [0.3, 0.4) is 0 Å². The lowest BCUT2D eigenvalue weighted by atomic mass is 10.1. The first-order valence-corrected chi connectivity index (χ1v) is 11.1. The number of carbonyl (C=O) groups is 2. The van der Waals surface area contributed by atoms with Crippen molar-refractivity contribution in [2.24, 2.45) is 0 Å². The minimum Gasteiger partial charge on any atom is -0.461 e. The van der Waals surface area contributed by atoms with Gasteiger partial charge in [0.25, 0.3) is 5.56 Å². The molecule has 0 spiro atoms. The van der Waals surface area contributed by atoms with Crippen LogP contribution in [-0.2, 0) is 24.1 Å². The van der Waals surface area contributed by atoms with Crippen molar-refractivity contribution < 1.29 is 14.3 Å². The van der Waals surface area contributed by atoms with Crippen molar-refractivity contribution in [2.75, 3.05) is 6.61 Å². The second kappa shape index (κ2) is 8.18. The number of fused-ring (bicyclic) bond motifs is 3. The van der Waals surface area contributed by atoms with Crippen molar-refractivity contribution >= 4 is 33.3 Å². The lowest BCUT2D eigenvalue weighted by Gasteiger charge is -2.07. The molecule has 3 aromatic rings. The average Bonchev–Trinajstić information content (AvgIpc) is 3.11. The summed E-state index contributed by atoms with van der Waals surface area (Å²) in [6.07, 6.45) is 6.73. The van der Waals surface area contributed by atoms with Gasteiger partial charge in [0.05, 0.1) is 24.9 Å². The minimum atomic E-state index is -0.488. The maximum Gasteiger partial charge on any atom is 0.355 e. The Kier molecular flexibility index (Phi) is 5.60. The number of ketones is 1. The zero-order chi connectivity index (χ0) is 21.4. The van der Waals surface area contributed by atoms with Crippen molar-refractivity contribution in [1.29, 1.82) is 0 Å². The summed E-state index contributed by atoms with van der Waals surface area (Å²) in [6, 6.07) is 0. The largest absolute Gasteiger partial charge is 0.461 e. The molecule has 3 aromatic heterocycles. The van der Waals surface area contributed by atoms with E-state index >= 15 is 0 Å². The highest BCUT2D eigenvalue weighted by Crippen LogP contribution is 2.32. The predicted octanol–water partition coefficient (Wildman–Crippen LogP) is 3.73. The van der Waals surface area contributed by atoms with Crippen molar-refractivity contribution in [3.05, 3.63) is 49.6 Å². The van der Waals surface area contributed by atoms with Gasteiger partial charge in [0.2, 0.25) is 0 Å². The van der Waals surface area contributed by atoms with E-state index in [1.54, 1.807) is 32.1 Å². The van der Waals surface area contributed by atoms with E-state index in [-0.39, 0.29) is 30.2 Å². The molecule has 1 N–H and O–H groups in total. The standard InChI is InChI=1S/C22H25N3O4S/c1-4-29-22(28)19-12(2)17(13(3)24-19)15(26)10-25-11-23-20-18(21(25)27)14-8-6-5-7-9-16(14)30-20/h11,24H,4-10H2,1-3H3. The predicted molar refractivity (Wildman–Crippen MR) is 116 cm³/mol. The number of thiophene rings is 1. The van der Waals surface area contributed by atoms with Crippen LogP contribution < -0.4 is 5.56 Å². The molecule has 0 saturated carbocycles. The first-order chi connectivity index (χ1) is 14.4. The first kappa shape index (κ1) is 20.5. The quantitative estimate of drug-likeness (QED) is 0.380. The van der Waals surface area contributed by atoms with E-state index in [2.05, 4.69) is 9.97 Å². The molecule has 0 aliphatic heterocycles. The Morgan fingerprint density at radius 1 is 1.23 bits per heavy atom. The van der Waals surface area contributed by atoms with Crippen LogP contribution in [0.5, 0.6) is 0 Å². The molecular weight excluding hydrogens is 402 g/mol. The van der Waals surface area contributed by atoms with Gasteiger partial charge in [-0.2, -0.15) is 0 Å². The SMILES string of the molecule is CCOC(=O)c1[nH]c(C)c(C(=O)Cn2cnc3sc4c(c3c2=O)CCCCC4)c1C. The molecule has 4 rings (SSSR count). The summed E-state index contributed by atoms with van der Waals surface area (Å²) < 4.78 is 6.44. The Labute approximate surface area is 178 Å². The maximum absolute atomic E-state index is 13.2. The number of hydrogen-bond donors (Lipinski definition) is 1. The number of esters is 1. The molecule has 0 saturated heterocycles. The number of nitrogens with zero attached hydrogens (tertiary/aromatic N) is 2. The summed E-state index contributed by atoms with van der Waals surface area (Å²) in [5, 5.41) is 0.668. The molecule has 1 aliphatic rings. The summed E-state index contributed by atoms with van der Waals surface area (Å²) >= 11 is 1.60. The van der Waals surface area contributed by atoms with Gasteiger partial charge in [-0.05, 0) is 57.6 Å². The minimum absolute atomic E-state index is 0.117. The van der Waals surface area contributed by atoms with E-state index < -0.39 is 5.97 Å². The van der Waals surface area contributed by atoms with Crippen molar-refractivity contribution in [3.63, 3.8) is 0 Å². The van der Waals surface area contributed by atoms with Gasteiger partial charge in [-0.15, -0.1) is 11.3 Å². The van der Waals surface area contributed by atoms with Crippen LogP contribution in [-0.4, -0.2) is 32.9 Å². The number of hydrogen-bond acceptors (Lipinski definition) is 6.